The summed E-state index contributed by atoms with van der Waals surface area (Å²) in [7, 11) is 0. The third kappa shape index (κ3) is 4.72. The Morgan fingerprint density at radius 1 is 1.22 bits per heavy atom. The minimum absolute atomic E-state index is 0.158. The van der Waals surface area contributed by atoms with Crippen LogP contribution in [-0.4, -0.2) is 23.1 Å². The van der Waals surface area contributed by atoms with E-state index in [2.05, 4.69) is 5.32 Å². The zero-order valence-electron chi connectivity index (χ0n) is 12.5. The number of rotatable bonds is 6. The maximum absolute atomic E-state index is 12.3. The third-order valence-corrected chi connectivity index (χ3v) is 3.37. The van der Waals surface area contributed by atoms with Crippen molar-refractivity contribution < 1.29 is 19.4 Å². The van der Waals surface area contributed by atoms with Crippen LogP contribution < -0.4 is 10.1 Å². The van der Waals surface area contributed by atoms with Crippen LogP contribution in [0.15, 0.2) is 48.5 Å². The van der Waals surface area contributed by atoms with E-state index in [9.17, 15) is 9.59 Å². The van der Waals surface area contributed by atoms with E-state index in [4.69, 9.17) is 21.4 Å². The first-order valence-electron chi connectivity index (χ1n) is 7.06. The lowest BCUT2D eigenvalue weighted by molar-refractivity contribution is -0.122. The third-order valence-electron chi connectivity index (χ3n) is 3.14. The molecule has 1 atom stereocenters. The molecule has 2 rings (SSSR count). The number of ether oxygens (including phenoxy) is 1. The largest absolute Gasteiger partial charge is 0.481 e. The van der Waals surface area contributed by atoms with Gasteiger partial charge in [-0.3, -0.25) is 4.79 Å². The Morgan fingerprint density at radius 2 is 1.91 bits per heavy atom. The molecule has 0 radical (unpaired) electrons. The van der Waals surface area contributed by atoms with E-state index in [0.717, 1.165) is 0 Å². The molecule has 0 unspecified atom stereocenters. The Morgan fingerprint density at radius 3 is 2.48 bits per heavy atom. The first-order chi connectivity index (χ1) is 11.0. The number of halogens is 1. The molecule has 120 valence electrons. The van der Waals surface area contributed by atoms with Crippen molar-refractivity contribution in [1.82, 2.24) is 0 Å². The fourth-order valence-corrected chi connectivity index (χ4v) is 2.13. The summed E-state index contributed by atoms with van der Waals surface area (Å²) in [5.41, 5.74) is 0.665. The Bertz CT molecular complexity index is 700. The minimum atomic E-state index is -1.02. The van der Waals surface area contributed by atoms with Crippen molar-refractivity contribution in [2.24, 2.45) is 0 Å². The summed E-state index contributed by atoms with van der Waals surface area (Å²) >= 11 is 5.89. The van der Waals surface area contributed by atoms with Crippen molar-refractivity contribution in [2.45, 2.75) is 19.4 Å². The summed E-state index contributed by atoms with van der Waals surface area (Å²) in [6, 6.07) is 12.8. The number of nitrogens with one attached hydrogen (secondary N) is 1. The van der Waals surface area contributed by atoms with Crippen LogP contribution in [0, 0.1) is 0 Å². The molecule has 23 heavy (non-hydrogen) atoms. The van der Waals surface area contributed by atoms with E-state index in [1.165, 1.54) is 24.3 Å². The predicted octanol–water partition coefficient (Wildman–Crippen LogP) is 3.83. The van der Waals surface area contributed by atoms with E-state index < -0.39 is 12.1 Å². The summed E-state index contributed by atoms with van der Waals surface area (Å²) < 4.78 is 5.65. The highest BCUT2D eigenvalue weighted by Crippen LogP contribution is 2.20. The lowest BCUT2D eigenvalue weighted by Gasteiger charge is -2.17. The predicted molar refractivity (Wildman–Crippen MR) is 88.2 cm³/mol. The second-order valence-corrected chi connectivity index (χ2v) is 5.28. The van der Waals surface area contributed by atoms with Gasteiger partial charge in [-0.1, -0.05) is 24.6 Å². The monoisotopic (exact) mass is 333 g/mol. The highest BCUT2D eigenvalue weighted by atomic mass is 35.5. The van der Waals surface area contributed by atoms with E-state index in [0.29, 0.717) is 22.9 Å². The number of amides is 1. The van der Waals surface area contributed by atoms with Gasteiger partial charge in [-0.25, -0.2) is 4.79 Å². The van der Waals surface area contributed by atoms with Gasteiger partial charge in [-0.15, -0.1) is 0 Å². The van der Waals surface area contributed by atoms with Crippen LogP contribution in [0.2, 0.25) is 5.02 Å². The highest BCUT2D eigenvalue weighted by molar-refractivity contribution is 6.30. The van der Waals surface area contributed by atoms with Crippen molar-refractivity contribution >= 4 is 29.2 Å². The van der Waals surface area contributed by atoms with Gasteiger partial charge in [-0.05, 0) is 48.9 Å². The second-order valence-electron chi connectivity index (χ2n) is 4.84. The quantitative estimate of drug-likeness (QED) is 0.842. The van der Waals surface area contributed by atoms with Crippen molar-refractivity contribution in [3.05, 3.63) is 59.1 Å². The SMILES string of the molecule is CC[C@@H](Oc1cccc(Cl)c1)C(=O)Nc1ccc(C(=O)O)cc1. The molecule has 0 aromatic heterocycles. The Labute approximate surface area is 138 Å². The van der Waals surface area contributed by atoms with Crippen LogP contribution in [0.3, 0.4) is 0 Å². The number of anilines is 1. The maximum Gasteiger partial charge on any atom is 0.335 e. The first-order valence-corrected chi connectivity index (χ1v) is 7.44. The zero-order valence-corrected chi connectivity index (χ0v) is 13.2. The van der Waals surface area contributed by atoms with Gasteiger partial charge in [0.15, 0.2) is 6.10 Å². The number of hydrogen-bond donors (Lipinski definition) is 2. The van der Waals surface area contributed by atoms with Crippen molar-refractivity contribution in [2.75, 3.05) is 5.32 Å². The van der Waals surface area contributed by atoms with Gasteiger partial charge in [0, 0.05) is 10.7 Å². The number of carbonyl (C=O) groups excluding carboxylic acids is 1. The fourth-order valence-electron chi connectivity index (χ4n) is 1.95. The molecule has 6 heteroatoms. The summed E-state index contributed by atoms with van der Waals surface area (Å²) in [6.07, 6.45) is -0.196. The Kier molecular flexibility index (Phi) is 5.60. The summed E-state index contributed by atoms with van der Waals surface area (Å²) in [5.74, 6) is -0.810. The minimum Gasteiger partial charge on any atom is -0.481 e. The smallest absolute Gasteiger partial charge is 0.335 e. The van der Waals surface area contributed by atoms with Crippen LogP contribution in [0.25, 0.3) is 0 Å². The molecular formula is C17H16ClNO4. The molecule has 2 aromatic carbocycles. The van der Waals surface area contributed by atoms with Crippen molar-refractivity contribution in [1.29, 1.82) is 0 Å². The van der Waals surface area contributed by atoms with E-state index in [1.54, 1.807) is 24.3 Å². The zero-order chi connectivity index (χ0) is 16.8. The highest BCUT2D eigenvalue weighted by Gasteiger charge is 2.18. The molecule has 0 saturated carbocycles. The average molecular weight is 334 g/mol. The lowest BCUT2D eigenvalue weighted by Crippen LogP contribution is -2.32. The molecule has 0 aliphatic carbocycles. The normalized spacial score (nSPS) is 11.6. The van der Waals surface area contributed by atoms with Gasteiger partial charge in [0.05, 0.1) is 5.56 Å². The molecule has 0 aliphatic heterocycles. The lowest BCUT2D eigenvalue weighted by atomic mass is 10.2. The van der Waals surface area contributed by atoms with Gasteiger partial charge in [0.1, 0.15) is 5.75 Å². The van der Waals surface area contributed by atoms with Crippen LogP contribution in [-0.2, 0) is 4.79 Å². The van der Waals surface area contributed by atoms with E-state index in [-0.39, 0.29) is 11.5 Å². The molecule has 0 heterocycles. The van der Waals surface area contributed by atoms with Crippen LogP contribution in [0.4, 0.5) is 5.69 Å². The summed E-state index contributed by atoms with van der Waals surface area (Å²) in [6.45, 7) is 1.84. The molecule has 5 nitrogen and oxygen atoms in total. The number of hydrogen-bond acceptors (Lipinski definition) is 3. The first kappa shape index (κ1) is 16.8. The summed E-state index contributed by atoms with van der Waals surface area (Å²) in [4.78, 5) is 23.1. The second kappa shape index (κ2) is 7.65. The molecule has 1 amide bonds. The van der Waals surface area contributed by atoms with E-state index in [1.807, 2.05) is 6.92 Å². The topological polar surface area (TPSA) is 75.6 Å². The van der Waals surface area contributed by atoms with Gasteiger partial charge in [0.25, 0.3) is 5.91 Å². The van der Waals surface area contributed by atoms with Crippen LogP contribution in [0.5, 0.6) is 5.75 Å². The number of aromatic carboxylic acids is 1. The maximum atomic E-state index is 12.3. The molecule has 0 spiro atoms. The van der Waals surface area contributed by atoms with Gasteiger partial charge < -0.3 is 15.2 Å². The summed E-state index contributed by atoms with van der Waals surface area (Å²) in [5, 5.41) is 12.1. The molecule has 0 aliphatic rings. The number of carbonyl (C=O) groups is 2. The fraction of sp³-hybridized carbons (Fsp3) is 0.176. The Balaban J connectivity index is 2.03. The molecular weight excluding hydrogens is 318 g/mol. The van der Waals surface area contributed by atoms with Crippen molar-refractivity contribution in [3.8, 4) is 5.75 Å². The van der Waals surface area contributed by atoms with Gasteiger partial charge in [0.2, 0.25) is 0 Å². The molecule has 0 saturated heterocycles. The number of carboxylic acid groups (broad SMARTS) is 1. The van der Waals surface area contributed by atoms with Crippen LogP contribution in [0.1, 0.15) is 23.7 Å². The van der Waals surface area contributed by atoms with E-state index >= 15 is 0 Å². The molecule has 2 N–H and O–H groups in total. The van der Waals surface area contributed by atoms with Crippen LogP contribution >= 0.6 is 11.6 Å². The number of benzene rings is 2. The van der Waals surface area contributed by atoms with Gasteiger partial charge >= 0.3 is 5.97 Å². The standard InChI is InChI=1S/C17H16ClNO4/c1-2-15(23-14-5-3-4-12(18)10-14)16(20)19-13-8-6-11(7-9-13)17(21)22/h3-10,15H,2H2,1H3,(H,19,20)(H,21,22)/t15-/m1/s1. The Hall–Kier alpha value is -2.53. The number of carboxylic acids is 1. The molecule has 0 bridgehead atoms. The molecule has 2 aromatic rings. The molecule has 0 fully saturated rings. The van der Waals surface area contributed by atoms with Gasteiger partial charge in [-0.2, -0.15) is 0 Å². The van der Waals surface area contributed by atoms with Crippen molar-refractivity contribution in [3.63, 3.8) is 0 Å². The average Bonchev–Trinajstić information content (AvgIpc) is 2.53.